The maximum Gasteiger partial charge on any atom is 0.232 e. The minimum atomic E-state index is -0.384. The van der Waals surface area contributed by atoms with Crippen LogP contribution in [0.15, 0.2) is 60.4 Å². The summed E-state index contributed by atoms with van der Waals surface area (Å²) in [5.41, 5.74) is 3.39. The van der Waals surface area contributed by atoms with Crippen LogP contribution in [0, 0.1) is 12.7 Å². The van der Waals surface area contributed by atoms with Crippen molar-refractivity contribution < 1.29 is 23.8 Å². The number of rotatable bonds is 5. The second-order valence-electron chi connectivity index (χ2n) is 8.85. The summed E-state index contributed by atoms with van der Waals surface area (Å²) in [6.07, 6.45) is 1.54. The Morgan fingerprint density at radius 2 is 1.83 bits per heavy atom. The second-order valence-corrected chi connectivity index (χ2v) is 8.85. The molecule has 0 aromatic heterocycles. The van der Waals surface area contributed by atoms with E-state index in [4.69, 9.17) is 9.47 Å². The lowest BCUT2D eigenvalue weighted by molar-refractivity contribution is 0.101. The highest BCUT2D eigenvalue weighted by Crippen LogP contribution is 2.42. The van der Waals surface area contributed by atoms with Gasteiger partial charge in [0.1, 0.15) is 23.1 Å². The van der Waals surface area contributed by atoms with Crippen molar-refractivity contribution in [3.8, 4) is 17.2 Å². The minimum Gasteiger partial charge on any atom is -0.507 e. The quantitative estimate of drug-likeness (QED) is 0.537. The van der Waals surface area contributed by atoms with E-state index < -0.39 is 0 Å². The predicted molar refractivity (Wildman–Crippen MR) is 133 cm³/mol. The SMILES string of the molecule is COc1ccc(N2CCN(Cc3c(O)cc(C)c4c3O/C(=C\c3cccc(F)c3)C4=O)CC2)cc1. The average molecular weight is 475 g/mol. The Hall–Kier alpha value is -3.84. The first-order valence-corrected chi connectivity index (χ1v) is 11.6. The number of ketones is 1. The summed E-state index contributed by atoms with van der Waals surface area (Å²) < 4.78 is 24.8. The number of Topliss-reactive ketones (excluding diaryl/α,β-unsaturated/α-hetero) is 1. The number of benzene rings is 3. The van der Waals surface area contributed by atoms with Crippen LogP contribution in [-0.2, 0) is 6.54 Å². The molecular formula is C28H27FN2O4. The van der Waals surface area contributed by atoms with Crippen LogP contribution < -0.4 is 14.4 Å². The molecule has 0 spiro atoms. The maximum atomic E-state index is 13.6. The number of piperazine rings is 1. The van der Waals surface area contributed by atoms with Crippen molar-refractivity contribution in [2.45, 2.75) is 13.5 Å². The van der Waals surface area contributed by atoms with E-state index in [2.05, 4.69) is 21.9 Å². The number of hydrogen-bond acceptors (Lipinski definition) is 6. The van der Waals surface area contributed by atoms with Crippen LogP contribution in [0.5, 0.6) is 17.2 Å². The Morgan fingerprint density at radius 1 is 1.09 bits per heavy atom. The van der Waals surface area contributed by atoms with Crippen molar-refractivity contribution in [1.29, 1.82) is 0 Å². The molecule has 1 saturated heterocycles. The van der Waals surface area contributed by atoms with Crippen LogP contribution in [0.25, 0.3) is 6.08 Å². The van der Waals surface area contributed by atoms with Gasteiger partial charge in [0.15, 0.2) is 5.76 Å². The molecule has 5 rings (SSSR count). The van der Waals surface area contributed by atoms with E-state index in [1.165, 1.54) is 12.1 Å². The number of methoxy groups -OCH3 is 1. The molecule has 7 heteroatoms. The second kappa shape index (κ2) is 9.43. The smallest absolute Gasteiger partial charge is 0.232 e. The van der Waals surface area contributed by atoms with Crippen molar-refractivity contribution in [3.05, 3.63) is 88.4 Å². The number of carbonyl (C=O) groups excluding carboxylic acids is 1. The molecule has 0 aliphatic carbocycles. The van der Waals surface area contributed by atoms with Gasteiger partial charge in [0.2, 0.25) is 5.78 Å². The average Bonchev–Trinajstić information content (AvgIpc) is 3.18. The fourth-order valence-corrected chi connectivity index (χ4v) is 4.66. The third kappa shape index (κ3) is 4.59. The van der Waals surface area contributed by atoms with Gasteiger partial charge >= 0.3 is 0 Å². The zero-order valence-corrected chi connectivity index (χ0v) is 19.8. The van der Waals surface area contributed by atoms with E-state index in [9.17, 15) is 14.3 Å². The first-order chi connectivity index (χ1) is 16.9. The number of phenolic OH excluding ortho intramolecular Hbond substituents is 1. The van der Waals surface area contributed by atoms with E-state index in [1.807, 2.05) is 12.1 Å². The molecule has 6 nitrogen and oxygen atoms in total. The van der Waals surface area contributed by atoms with E-state index in [0.29, 0.717) is 34.5 Å². The van der Waals surface area contributed by atoms with Gasteiger partial charge in [-0.1, -0.05) is 12.1 Å². The molecule has 0 radical (unpaired) electrons. The van der Waals surface area contributed by atoms with Gasteiger partial charge in [0.05, 0.1) is 18.2 Å². The Kier molecular flexibility index (Phi) is 6.17. The van der Waals surface area contributed by atoms with Crippen LogP contribution in [0.3, 0.4) is 0 Å². The van der Waals surface area contributed by atoms with Gasteiger partial charge in [-0.25, -0.2) is 4.39 Å². The molecule has 3 aromatic carbocycles. The highest BCUT2D eigenvalue weighted by atomic mass is 19.1. The van der Waals surface area contributed by atoms with Gasteiger partial charge in [-0.15, -0.1) is 0 Å². The summed E-state index contributed by atoms with van der Waals surface area (Å²) in [4.78, 5) is 17.7. The standard InChI is InChI=1S/C28H27FN2O4/c1-18-14-24(32)23(17-30-10-12-31(13-11-30)21-6-8-22(34-2)9-7-21)28-26(18)27(33)25(35-28)16-19-4-3-5-20(29)15-19/h3-9,14-16,32H,10-13,17H2,1-2H3/b25-16-. The van der Waals surface area contributed by atoms with Crippen molar-refractivity contribution >= 4 is 17.5 Å². The largest absolute Gasteiger partial charge is 0.507 e. The molecule has 1 fully saturated rings. The molecule has 0 saturated carbocycles. The summed E-state index contributed by atoms with van der Waals surface area (Å²) in [6, 6.07) is 15.6. The monoisotopic (exact) mass is 474 g/mol. The summed E-state index contributed by atoms with van der Waals surface area (Å²) in [5.74, 6) is 0.825. The van der Waals surface area contributed by atoms with Crippen molar-refractivity contribution in [2.24, 2.45) is 0 Å². The fourth-order valence-electron chi connectivity index (χ4n) is 4.66. The fraction of sp³-hybridized carbons (Fsp3) is 0.250. The summed E-state index contributed by atoms with van der Waals surface area (Å²) >= 11 is 0. The first kappa shape index (κ1) is 22.9. The van der Waals surface area contributed by atoms with Crippen molar-refractivity contribution in [3.63, 3.8) is 0 Å². The van der Waals surface area contributed by atoms with Gasteiger partial charge in [0, 0.05) is 38.4 Å². The number of aromatic hydroxyl groups is 1. The number of nitrogens with zero attached hydrogens (tertiary/aromatic N) is 2. The van der Waals surface area contributed by atoms with Crippen LogP contribution in [0.1, 0.15) is 27.0 Å². The highest BCUT2D eigenvalue weighted by Gasteiger charge is 2.34. The van der Waals surface area contributed by atoms with Crippen molar-refractivity contribution in [1.82, 2.24) is 4.90 Å². The van der Waals surface area contributed by atoms with Gasteiger partial charge in [0.25, 0.3) is 0 Å². The Morgan fingerprint density at radius 3 is 2.51 bits per heavy atom. The Bertz CT molecular complexity index is 1300. The lowest BCUT2D eigenvalue weighted by Crippen LogP contribution is -2.46. The first-order valence-electron chi connectivity index (χ1n) is 11.6. The molecule has 35 heavy (non-hydrogen) atoms. The Balaban J connectivity index is 1.34. The molecule has 180 valence electrons. The minimum absolute atomic E-state index is 0.110. The number of hydrogen-bond donors (Lipinski definition) is 1. The number of allylic oxidation sites excluding steroid dienone is 1. The van der Waals surface area contributed by atoms with Crippen LogP contribution in [-0.4, -0.2) is 49.1 Å². The zero-order chi connectivity index (χ0) is 24.5. The maximum absolute atomic E-state index is 13.6. The molecule has 0 amide bonds. The lowest BCUT2D eigenvalue weighted by atomic mass is 9.99. The molecule has 2 aliphatic rings. The molecule has 3 aromatic rings. The van der Waals surface area contributed by atoms with Crippen LogP contribution in [0.4, 0.5) is 10.1 Å². The molecule has 2 aliphatic heterocycles. The van der Waals surface area contributed by atoms with Crippen LogP contribution in [0.2, 0.25) is 0 Å². The molecule has 0 unspecified atom stereocenters. The number of aryl methyl sites for hydroxylation is 1. The van der Waals surface area contributed by atoms with Gasteiger partial charge in [-0.3, -0.25) is 9.69 Å². The number of phenols is 1. The van der Waals surface area contributed by atoms with E-state index in [1.54, 1.807) is 38.3 Å². The normalized spacial score (nSPS) is 16.9. The number of halogens is 1. The summed E-state index contributed by atoms with van der Waals surface area (Å²) in [6.45, 7) is 5.52. The Labute approximate surface area is 203 Å². The van der Waals surface area contributed by atoms with E-state index in [-0.39, 0.29) is 23.1 Å². The van der Waals surface area contributed by atoms with Crippen molar-refractivity contribution in [2.75, 3.05) is 38.2 Å². The van der Waals surface area contributed by atoms with E-state index >= 15 is 0 Å². The zero-order valence-electron chi connectivity index (χ0n) is 19.8. The topological polar surface area (TPSA) is 62.2 Å². The highest BCUT2D eigenvalue weighted by molar-refractivity contribution is 6.15. The number of anilines is 1. The van der Waals surface area contributed by atoms with E-state index in [0.717, 1.165) is 37.6 Å². The van der Waals surface area contributed by atoms with Crippen LogP contribution >= 0.6 is 0 Å². The molecule has 0 bridgehead atoms. The number of ether oxygens (including phenoxy) is 2. The lowest BCUT2D eigenvalue weighted by Gasteiger charge is -2.36. The third-order valence-corrected chi connectivity index (χ3v) is 6.56. The van der Waals surface area contributed by atoms with Gasteiger partial charge < -0.3 is 19.5 Å². The number of fused-ring (bicyclic) bond motifs is 1. The predicted octanol–water partition coefficient (Wildman–Crippen LogP) is 4.79. The number of carbonyl (C=O) groups is 1. The third-order valence-electron chi connectivity index (χ3n) is 6.56. The molecule has 0 atom stereocenters. The van der Waals surface area contributed by atoms with Gasteiger partial charge in [-0.2, -0.15) is 0 Å². The summed E-state index contributed by atoms with van der Waals surface area (Å²) in [5, 5.41) is 10.8. The van der Waals surface area contributed by atoms with Gasteiger partial charge in [-0.05, 0) is 66.6 Å². The summed E-state index contributed by atoms with van der Waals surface area (Å²) in [7, 11) is 1.66. The molecular weight excluding hydrogens is 447 g/mol. The molecule has 1 N–H and O–H groups in total. The molecule has 2 heterocycles.